The first kappa shape index (κ1) is 26.2. The topological polar surface area (TPSA) is 113 Å². The number of ether oxygens (including phenoxy) is 2. The summed E-state index contributed by atoms with van der Waals surface area (Å²) in [6.07, 6.45) is 1.46. The van der Waals surface area contributed by atoms with Gasteiger partial charge in [0.15, 0.2) is 16.7 Å². The molecule has 4 rings (SSSR count). The molecule has 1 unspecified atom stereocenters. The van der Waals surface area contributed by atoms with Crippen molar-refractivity contribution in [2.24, 2.45) is 10.2 Å². The first-order valence-corrected chi connectivity index (χ1v) is 12.7. The lowest BCUT2D eigenvalue weighted by Crippen LogP contribution is -2.33. The third kappa shape index (κ3) is 6.49. The molecule has 37 heavy (non-hydrogen) atoms. The van der Waals surface area contributed by atoms with Crippen LogP contribution in [-0.2, 0) is 9.59 Å². The summed E-state index contributed by atoms with van der Waals surface area (Å²) < 4.78 is 11.5. The number of nitrogens with zero attached hydrogens (tertiary/aromatic N) is 3. The van der Waals surface area contributed by atoms with E-state index in [4.69, 9.17) is 9.47 Å². The number of amides is 2. The van der Waals surface area contributed by atoms with Crippen LogP contribution in [0.1, 0.15) is 12.0 Å². The Morgan fingerprint density at radius 1 is 1.11 bits per heavy atom. The van der Waals surface area contributed by atoms with Gasteiger partial charge in [-0.1, -0.05) is 33.8 Å². The van der Waals surface area contributed by atoms with Gasteiger partial charge < -0.3 is 19.9 Å². The molecule has 0 saturated carbocycles. The molecule has 9 nitrogen and oxygen atoms in total. The van der Waals surface area contributed by atoms with Gasteiger partial charge in [-0.2, -0.15) is 5.10 Å². The smallest absolute Gasteiger partial charge is 0.247 e. The number of phenols is 1. The summed E-state index contributed by atoms with van der Waals surface area (Å²) in [6, 6.07) is 18.7. The Bertz CT molecular complexity index is 1360. The van der Waals surface area contributed by atoms with Gasteiger partial charge in [0.1, 0.15) is 11.0 Å². The number of rotatable bonds is 8. The van der Waals surface area contributed by atoms with Crippen LogP contribution in [0, 0.1) is 0 Å². The lowest BCUT2D eigenvalue weighted by Gasteiger charge is -2.16. The third-order valence-corrected chi connectivity index (χ3v) is 6.94. The van der Waals surface area contributed by atoms with E-state index in [9.17, 15) is 14.7 Å². The number of aromatic hydroxyl groups is 1. The van der Waals surface area contributed by atoms with Crippen molar-refractivity contribution in [3.8, 4) is 17.2 Å². The molecule has 11 heteroatoms. The zero-order valence-electron chi connectivity index (χ0n) is 19.9. The highest BCUT2D eigenvalue weighted by atomic mass is 79.9. The molecular formula is C26H23BrN4O5S. The fourth-order valence-corrected chi connectivity index (χ4v) is 4.88. The summed E-state index contributed by atoms with van der Waals surface area (Å²) in [5, 5.41) is 20.8. The van der Waals surface area contributed by atoms with Gasteiger partial charge >= 0.3 is 0 Å². The molecule has 2 N–H and O–H groups in total. The van der Waals surface area contributed by atoms with Crippen molar-refractivity contribution in [2.75, 3.05) is 24.4 Å². The van der Waals surface area contributed by atoms with Crippen LogP contribution in [-0.4, -0.2) is 47.8 Å². The van der Waals surface area contributed by atoms with Crippen LogP contribution >= 0.6 is 27.7 Å². The fraction of sp³-hybridized carbons (Fsp3) is 0.154. The molecule has 0 spiro atoms. The number of carbonyl (C=O) groups is 2. The van der Waals surface area contributed by atoms with Crippen molar-refractivity contribution >= 4 is 62.3 Å². The van der Waals surface area contributed by atoms with Gasteiger partial charge in [0.25, 0.3) is 0 Å². The summed E-state index contributed by atoms with van der Waals surface area (Å²) in [5.41, 5.74) is 1.76. The molecule has 1 heterocycles. The number of phenolic OH excluding ortho intramolecular Hbond substituents is 1. The van der Waals surface area contributed by atoms with Gasteiger partial charge in [-0.05, 0) is 60.2 Å². The second kappa shape index (κ2) is 11.9. The molecular weight excluding hydrogens is 560 g/mol. The zero-order chi connectivity index (χ0) is 26.4. The zero-order valence-corrected chi connectivity index (χ0v) is 22.3. The SMILES string of the molecule is COc1ccc(/C=N/N=C2/SC(CC(=O)Nc3ccc(Br)cc3)C(=O)N2c2cccc(O)c2)cc1OC. The lowest BCUT2D eigenvalue weighted by molar-refractivity contribution is -0.121. The summed E-state index contributed by atoms with van der Waals surface area (Å²) in [4.78, 5) is 27.4. The minimum atomic E-state index is -0.715. The van der Waals surface area contributed by atoms with Crippen LogP contribution in [0.3, 0.4) is 0 Å². The first-order chi connectivity index (χ1) is 17.9. The van der Waals surface area contributed by atoms with Gasteiger partial charge in [-0.15, -0.1) is 5.10 Å². The summed E-state index contributed by atoms with van der Waals surface area (Å²) >= 11 is 4.50. The number of hydrogen-bond acceptors (Lipinski definition) is 8. The Balaban J connectivity index is 1.56. The van der Waals surface area contributed by atoms with Gasteiger partial charge in [0.2, 0.25) is 11.8 Å². The highest BCUT2D eigenvalue weighted by Gasteiger charge is 2.40. The Labute approximate surface area is 226 Å². The van der Waals surface area contributed by atoms with Gasteiger partial charge in [0.05, 0.1) is 26.1 Å². The quantitative estimate of drug-likeness (QED) is 0.284. The average Bonchev–Trinajstić information content (AvgIpc) is 3.19. The van der Waals surface area contributed by atoms with E-state index in [1.54, 1.807) is 56.7 Å². The number of anilines is 2. The Kier molecular flexibility index (Phi) is 8.47. The fourth-order valence-electron chi connectivity index (χ4n) is 3.53. The average molecular weight is 583 g/mol. The van der Waals surface area contributed by atoms with E-state index in [1.165, 1.54) is 23.2 Å². The van der Waals surface area contributed by atoms with Gasteiger partial charge in [-0.3, -0.25) is 14.5 Å². The number of hydrogen-bond donors (Lipinski definition) is 2. The van der Waals surface area contributed by atoms with Crippen LogP contribution in [0.2, 0.25) is 0 Å². The standard InChI is InChI=1S/C26H23BrN4O5S/c1-35-21-11-6-16(12-22(21)36-2)15-28-30-26-31(19-4-3-5-20(32)13-19)25(34)23(37-26)14-24(33)29-18-9-7-17(27)8-10-18/h3-13,15,23,32H,14H2,1-2H3,(H,29,33)/b28-15+,30-26+. The maximum absolute atomic E-state index is 13.3. The summed E-state index contributed by atoms with van der Waals surface area (Å²) in [5.74, 6) is 0.491. The van der Waals surface area contributed by atoms with E-state index in [-0.39, 0.29) is 29.2 Å². The Hall–Kier alpha value is -3.83. The highest BCUT2D eigenvalue weighted by molar-refractivity contribution is 9.10. The number of nitrogens with one attached hydrogen (secondary N) is 1. The minimum absolute atomic E-state index is 0.0000828. The third-order valence-electron chi connectivity index (χ3n) is 5.28. The van der Waals surface area contributed by atoms with E-state index in [2.05, 4.69) is 31.4 Å². The van der Waals surface area contributed by atoms with E-state index in [0.717, 1.165) is 16.2 Å². The molecule has 1 aliphatic heterocycles. The number of thioether (sulfide) groups is 1. The normalized spacial score (nSPS) is 16.4. The van der Waals surface area contributed by atoms with Crippen LogP contribution in [0.25, 0.3) is 0 Å². The molecule has 2 amide bonds. The van der Waals surface area contributed by atoms with Gasteiger partial charge in [0, 0.05) is 22.6 Å². The van der Waals surface area contributed by atoms with Crippen LogP contribution in [0.4, 0.5) is 11.4 Å². The second-order valence-electron chi connectivity index (χ2n) is 7.80. The molecule has 3 aromatic carbocycles. The van der Waals surface area contributed by atoms with Crippen molar-refractivity contribution < 1.29 is 24.2 Å². The van der Waals surface area contributed by atoms with Gasteiger partial charge in [-0.25, -0.2) is 0 Å². The van der Waals surface area contributed by atoms with Crippen LogP contribution in [0.15, 0.2) is 81.4 Å². The maximum atomic E-state index is 13.3. The van der Waals surface area contributed by atoms with E-state index < -0.39 is 5.25 Å². The molecule has 190 valence electrons. The van der Waals surface area contributed by atoms with Crippen LogP contribution in [0.5, 0.6) is 17.2 Å². The molecule has 1 saturated heterocycles. The van der Waals surface area contributed by atoms with Crippen molar-refractivity contribution in [1.29, 1.82) is 0 Å². The highest BCUT2D eigenvalue weighted by Crippen LogP contribution is 2.35. The molecule has 0 aliphatic carbocycles. The molecule has 1 aliphatic rings. The number of carbonyl (C=O) groups excluding carboxylic acids is 2. The molecule has 1 atom stereocenters. The Morgan fingerprint density at radius 2 is 1.86 bits per heavy atom. The summed E-state index contributed by atoms with van der Waals surface area (Å²) in [6.45, 7) is 0. The number of methoxy groups -OCH3 is 2. The number of benzene rings is 3. The van der Waals surface area contributed by atoms with Crippen molar-refractivity contribution in [2.45, 2.75) is 11.7 Å². The predicted molar refractivity (Wildman–Crippen MR) is 149 cm³/mol. The van der Waals surface area contributed by atoms with Crippen molar-refractivity contribution in [3.63, 3.8) is 0 Å². The number of halogens is 1. The van der Waals surface area contributed by atoms with Crippen LogP contribution < -0.4 is 19.7 Å². The van der Waals surface area contributed by atoms with E-state index in [1.807, 2.05) is 12.1 Å². The largest absolute Gasteiger partial charge is 0.508 e. The minimum Gasteiger partial charge on any atom is -0.508 e. The monoisotopic (exact) mass is 582 g/mol. The Morgan fingerprint density at radius 3 is 2.57 bits per heavy atom. The predicted octanol–water partition coefficient (Wildman–Crippen LogP) is 5.04. The first-order valence-electron chi connectivity index (χ1n) is 11.1. The molecule has 0 bridgehead atoms. The maximum Gasteiger partial charge on any atom is 0.247 e. The van der Waals surface area contributed by atoms with E-state index in [0.29, 0.717) is 28.4 Å². The number of amidine groups is 1. The van der Waals surface area contributed by atoms with Crippen molar-refractivity contribution in [1.82, 2.24) is 0 Å². The molecule has 3 aromatic rings. The lowest BCUT2D eigenvalue weighted by atomic mass is 10.2. The second-order valence-corrected chi connectivity index (χ2v) is 9.89. The molecule has 0 aromatic heterocycles. The van der Waals surface area contributed by atoms with E-state index >= 15 is 0 Å². The molecule has 0 radical (unpaired) electrons. The van der Waals surface area contributed by atoms with Crippen molar-refractivity contribution in [3.05, 3.63) is 76.8 Å². The molecule has 1 fully saturated rings. The summed E-state index contributed by atoms with van der Waals surface area (Å²) in [7, 11) is 3.09.